The van der Waals surface area contributed by atoms with Crippen molar-refractivity contribution in [2.75, 3.05) is 7.11 Å². The van der Waals surface area contributed by atoms with Gasteiger partial charge in [0.05, 0.1) is 18.1 Å². The van der Waals surface area contributed by atoms with E-state index in [4.69, 9.17) is 9.15 Å². The molecule has 0 N–H and O–H groups in total. The van der Waals surface area contributed by atoms with Gasteiger partial charge in [-0.2, -0.15) is 4.98 Å². The lowest BCUT2D eigenvalue weighted by Crippen LogP contribution is -2.05. The smallest absolute Gasteiger partial charge is 0.291 e. The van der Waals surface area contributed by atoms with Crippen LogP contribution in [-0.4, -0.2) is 17.0 Å². The van der Waals surface area contributed by atoms with Crippen LogP contribution in [0.3, 0.4) is 0 Å². The Morgan fingerprint density at radius 3 is 2.56 bits per heavy atom. The van der Waals surface area contributed by atoms with Crippen LogP contribution in [0.5, 0.6) is 5.95 Å². The Labute approximate surface area is 101 Å². The third kappa shape index (κ3) is 2.34. The molecule has 18 heavy (non-hydrogen) atoms. The van der Waals surface area contributed by atoms with Gasteiger partial charge in [0, 0.05) is 17.7 Å². The second-order valence-corrected chi connectivity index (χ2v) is 3.33. The van der Waals surface area contributed by atoms with E-state index in [1.165, 1.54) is 31.4 Å². The molecule has 0 aliphatic heterocycles. The molecule has 0 saturated heterocycles. The first kappa shape index (κ1) is 11.8. The molecule has 92 valence electrons. The van der Waals surface area contributed by atoms with Crippen LogP contribution < -0.4 is 10.3 Å². The Bertz CT molecular complexity index is 633. The fourth-order valence-electron chi connectivity index (χ4n) is 1.33. The van der Waals surface area contributed by atoms with E-state index in [1.807, 2.05) is 0 Å². The summed E-state index contributed by atoms with van der Waals surface area (Å²) in [5.41, 5.74) is -0.105. The van der Waals surface area contributed by atoms with Gasteiger partial charge in [0.25, 0.3) is 17.2 Å². The summed E-state index contributed by atoms with van der Waals surface area (Å²) in [7, 11) is 1.36. The van der Waals surface area contributed by atoms with Crippen LogP contribution in [0.2, 0.25) is 0 Å². The van der Waals surface area contributed by atoms with Crippen LogP contribution >= 0.6 is 0 Å². The van der Waals surface area contributed by atoms with Crippen molar-refractivity contribution in [3.8, 4) is 17.4 Å². The highest BCUT2D eigenvalue weighted by Gasteiger charge is 2.09. The lowest BCUT2D eigenvalue weighted by molar-refractivity contribution is -0.384. The first-order valence-electron chi connectivity index (χ1n) is 4.91. The lowest BCUT2D eigenvalue weighted by atomic mass is 10.2. The molecule has 1 aromatic carbocycles. The summed E-state index contributed by atoms with van der Waals surface area (Å²) in [6.07, 6.45) is 0. The molecule has 1 heterocycles. The zero-order valence-electron chi connectivity index (χ0n) is 9.32. The van der Waals surface area contributed by atoms with Gasteiger partial charge in [0.2, 0.25) is 5.89 Å². The maximum Gasteiger partial charge on any atom is 0.291 e. The van der Waals surface area contributed by atoms with Crippen LogP contribution in [0.1, 0.15) is 0 Å². The number of hydrogen-bond donors (Lipinski definition) is 0. The van der Waals surface area contributed by atoms with E-state index in [0.717, 1.165) is 6.07 Å². The molecule has 0 aliphatic carbocycles. The number of non-ortho nitro benzene ring substituents is 1. The van der Waals surface area contributed by atoms with Gasteiger partial charge in [-0.05, 0) is 12.1 Å². The van der Waals surface area contributed by atoms with Crippen molar-refractivity contribution in [3.63, 3.8) is 0 Å². The fourth-order valence-corrected chi connectivity index (χ4v) is 1.33. The van der Waals surface area contributed by atoms with Crippen molar-refractivity contribution in [1.82, 2.24) is 4.98 Å². The minimum Gasteiger partial charge on any atom is -0.468 e. The number of benzene rings is 1. The maximum absolute atomic E-state index is 11.3. The van der Waals surface area contributed by atoms with Crippen LogP contribution in [0, 0.1) is 10.1 Å². The van der Waals surface area contributed by atoms with E-state index in [1.54, 1.807) is 0 Å². The summed E-state index contributed by atoms with van der Waals surface area (Å²) in [5, 5.41) is 10.5. The van der Waals surface area contributed by atoms with Crippen molar-refractivity contribution in [2.24, 2.45) is 0 Å². The monoisotopic (exact) mass is 248 g/mol. The number of hydrogen-bond acceptors (Lipinski definition) is 6. The first-order chi connectivity index (χ1) is 8.60. The molecule has 2 aromatic rings. The number of nitro benzene ring substituents is 1. The Morgan fingerprint density at radius 1 is 1.33 bits per heavy atom. The van der Waals surface area contributed by atoms with Crippen molar-refractivity contribution in [1.29, 1.82) is 0 Å². The Balaban J connectivity index is 2.45. The normalized spacial score (nSPS) is 10.1. The van der Waals surface area contributed by atoms with Gasteiger partial charge in [-0.25, -0.2) is 0 Å². The summed E-state index contributed by atoms with van der Waals surface area (Å²) >= 11 is 0. The van der Waals surface area contributed by atoms with E-state index in [0.29, 0.717) is 5.56 Å². The molecule has 0 spiro atoms. The molecule has 0 aliphatic rings. The summed E-state index contributed by atoms with van der Waals surface area (Å²) in [6, 6.07) is 6.60. The molecular weight excluding hydrogens is 240 g/mol. The molecular formula is C11H8N2O5. The summed E-state index contributed by atoms with van der Waals surface area (Å²) in [4.78, 5) is 24.9. The summed E-state index contributed by atoms with van der Waals surface area (Å²) in [6.45, 7) is 0. The van der Waals surface area contributed by atoms with E-state index >= 15 is 0 Å². The molecule has 0 bridgehead atoms. The van der Waals surface area contributed by atoms with Gasteiger partial charge in [-0.15, -0.1) is 0 Å². The van der Waals surface area contributed by atoms with Crippen LogP contribution in [0.25, 0.3) is 11.5 Å². The van der Waals surface area contributed by atoms with Crippen LogP contribution in [0.4, 0.5) is 5.69 Å². The van der Waals surface area contributed by atoms with Crippen molar-refractivity contribution in [3.05, 3.63) is 50.8 Å². The Morgan fingerprint density at radius 2 is 2.00 bits per heavy atom. The van der Waals surface area contributed by atoms with E-state index in [2.05, 4.69) is 4.98 Å². The molecule has 0 unspecified atom stereocenters. The quantitative estimate of drug-likeness (QED) is 0.604. The highest BCUT2D eigenvalue weighted by molar-refractivity contribution is 5.55. The molecule has 7 heteroatoms. The molecule has 0 radical (unpaired) electrons. The average molecular weight is 248 g/mol. The standard InChI is InChI=1S/C11H8N2O5/c1-17-10-6-9(14)12-11(18-10)7-2-4-8(5-3-7)13(15)16/h2-6H,1H3. The van der Waals surface area contributed by atoms with Gasteiger partial charge in [-0.1, -0.05) is 0 Å². The fraction of sp³-hybridized carbons (Fsp3) is 0.0909. The zero-order valence-corrected chi connectivity index (χ0v) is 9.32. The number of rotatable bonds is 3. The number of aromatic nitrogens is 1. The molecule has 7 nitrogen and oxygen atoms in total. The molecule has 0 saturated carbocycles. The minimum absolute atomic E-state index is 0.0309. The second kappa shape index (κ2) is 4.66. The third-order valence-corrected chi connectivity index (χ3v) is 2.18. The van der Waals surface area contributed by atoms with Gasteiger partial charge in [0.1, 0.15) is 0 Å². The van der Waals surface area contributed by atoms with Gasteiger partial charge >= 0.3 is 0 Å². The van der Waals surface area contributed by atoms with Crippen molar-refractivity contribution < 1.29 is 14.1 Å². The predicted octanol–water partition coefficient (Wildman–Crippen LogP) is 1.62. The maximum atomic E-state index is 11.3. The number of methoxy groups -OCH3 is 1. The number of nitrogens with zero attached hydrogens (tertiary/aromatic N) is 2. The van der Waals surface area contributed by atoms with Crippen LogP contribution in [-0.2, 0) is 0 Å². The molecule has 1 aromatic heterocycles. The Hall–Kier alpha value is -2.70. The average Bonchev–Trinajstić information content (AvgIpc) is 2.38. The third-order valence-electron chi connectivity index (χ3n) is 2.18. The second-order valence-electron chi connectivity index (χ2n) is 3.33. The highest BCUT2D eigenvalue weighted by atomic mass is 16.6. The first-order valence-corrected chi connectivity index (χ1v) is 4.91. The van der Waals surface area contributed by atoms with E-state index < -0.39 is 10.5 Å². The van der Waals surface area contributed by atoms with Crippen molar-refractivity contribution >= 4 is 5.69 Å². The molecule has 0 fully saturated rings. The largest absolute Gasteiger partial charge is 0.468 e. The summed E-state index contributed by atoms with van der Waals surface area (Å²) in [5.74, 6) is 0.0811. The molecule has 0 atom stereocenters. The van der Waals surface area contributed by atoms with Gasteiger partial charge in [-0.3, -0.25) is 14.9 Å². The number of nitro groups is 1. The SMILES string of the molecule is COc1cc(=O)nc(-c2ccc([N+](=O)[O-])cc2)o1. The lowest BCUT2D eigenvalue weighted by Gasteiger charge is -2.01. The topological polar surface area (TPSA) is 95.5 Å². The zero-order chi connectivity index (χ0) is 13.1. The summed E-state index contributed by atoms with van der Waals surface area (Å²) < 4.78 is 9.99. The number of ether oxygens (including phenoxy) is 1. The predicted molar refractivity (Wildman–Crippen MR) is 61.4 cm³/mol. The minimum atomic E-state index is -0.515. The van der Waals surface area contributed by atoms with Gasteiger partial charge < -0.3 is 9.15 Å². The van der Waals surface area contributed by atoms with E-state index in [9.17, 15) is 14.9 Å². The molecule has 0 amide bonds. The molecule has 2 rings (SSSR count). The Kier molecular flexibility index (Phi) is 3.05. The van der Waals surface area contributed by atoms with Crippen LogP contribution in [0.15, 0.2) is 39.5 Å². The van der Waals surface area contributed by atoms with E-state index in [-0.39, 0.29) is 17.5 Å². The van der Waals surface area contributed by atoms with Crippen molar-refractivity contribution in [2.45, 2.75) is 0 Å². The van der Waals surface area contributed by atoms with Gasteiger partial charge in [0.15, 0.2) is 0 Å². The highest BCUT2D eigenvalue weighted by Crippen LogP contribution is 2.22.